The topological polar surface area (TPSA) is 82.0 Å². The van der Waals surface area contributed by atoms with Crippen LogP contribution in [-0.2, 0) is 10.2 Å². The Hall–Kier alpha value is -0.640. The number of rotatable bonds is 3. The molecule has 0 saturated heterocycles. The van der Waals surface area contributed by atoms with Gasteiger partial charge in [0.2, 0.25) is 0 Å². The molecular formula is C7H13N3O2S. The van der Waals surface area contributed by atoms with Crippen molar-refractivity contribution < 1.29 is 8.42 Å². The minimum atomic E-state index is -3.50. The molecule has 2 N–H and O–H groups in total. The Morgan fingerprint density at radius 1 is 1.38 bits per heavy atom. The Labute approximate surface area is 78.3 Å². The molecular weight excluding hydrogens is 190 g/mol. The zero-order valence-corrected chi connectivity index (χ0v) is 8.32. The maximum atomic E-state index is 11.1. The van der Waals surface area contributed by atoms with Crippen molar-refractivity contribution in [1.29, 1.82) is 5.26 Å². The van der Waals surface area contributed by atoms with Crippen molar-refractivity contribution in [3.05, 3.63) is 0 Å². The summed E-state index contributed by atoms with van der Waals surface area (Å²) in [6.07, 6.45) is 3.01. The van der Waals surface area contributed by atoms with Crippen molar-refractivity contribution >= 4 is 10.2 Å². The highest BCUT2D eigenvalue weighted by molar-refractivity contribution is 7.87. The molecule has 0 heterocycles. The number of nitriles is 1. The van der Waals surface area contributed by atoms with E-state index in [1.165, 1.54) is 7.05 Å². The van der Waals surface area contributed by atoms with E-state index in [-0.39, 0.29) is 0 Å². The van der Waals surface area contributed by atoms with Crippen LogP contribution in [0.4, 0.5) is 0 Å². The summed E-state index contributed by atoms with van der Waals surface area (Å²) in [6, 6.07) is 2.04. The quantitative estimate of drug-likeness (QED) is 0.670. The van der Waals surface area contributed by atoms with E-state index in [4.69, 9.17) is 5.26 Å². The van der Waals surface area contributed by atoms with Crippen molar-refractivity contribution in [2.75, 3.05) is 7.05 Å². The van der Waals surface area contributed by atoms with Crippen LogP contribution in [-0.4, -0.2) is 21.0 Å². The van der Waals surface area contributed by atoms with E-state index in [1.54, 1.807) is 0 Å². The Kier molecular flexibility index (Phi) is 2.91. The Bertz CT molecular complexity index is 311. The van der Waals surface area contributed by atoms with Crippen LogP contribution in [0.5, 0.6) is 0 Å². The first kappa shape index (κ1) is 10.4. The van der Waals surface area contributed by atoms with Crippen LogP contribution in [0.3, 0.4) is 0 Å². The van der Waals surface area contributed by atoms with Crippen molar-refractivity contribution in [1.82, 2.24) is 9.44 Å². The summed E-state index contributed by atoms with van der Waals surface area (Å²) >= 11 is 0. The lowest BCUT2D eigenvalue weighted by atomic mass is 10.0. The molecule has 6 heteroatoms. The van der Waals surface area contributed by atoms with Gasteiger partial charge in [0.15, 0.2) is 0 Å². The molecule has 0 atom stereocenters. The molecule has 0 aromatic rings. The largest absolute Gasteiger partial charge is 0.278 e. The Morgan fingerprint density at radius 2 is 1.92 bits per heavy atom. The molecule has 1 rings (SSSR count). The molecule has 0 spiro atoms. The second-order valence-corrected chi connectivity index (χ2v) is 4.83. The van der Waals surface area contributed by atoms with Gasteiger partial charge in [-0.05, 0) is 12.8 Å². The summed E-state index contributed by atoms with van der Waals surface area (Å²) in [4.78, 5) is 0. The Balaban J connectivity index is 2.77. The Morgan fingerprint density at radius 3 is 2.31 bits per heavy atom. The van der Waals surface area contributed by atoms with Gasteiger partial charge in [0, 0.05) is 7.05 Å². The van der Waals surface area contributed by atoms with Crippen LogP contribution in [0.25, 0.3) is 0 Å². The zero-order valence-electron chi connectivity index (χ0n) is 7.50. The summed E-state index contributed by atoms with van der Waals surface area (Å²) in [7, 11) is -2.17. The number of hydrogen-bond donors (Lipinski definition) is 2. The standard InChI is InChI=1S/C7H13N3O2S/c1-9-13(11,12)10-7(6-8)4-2-3-5-7/h9-10H,2-5H2,1H3. The third kappa shape index (κ3) is 2.40. The van der Waals surface area contributed by atoms with Gasteiger partial charge in [-0.2, -0.15) is 18.4 Å². The number of nitrogens with zero attached hydrogens (tertiary/aromatic N) is 1. The fraction of sp³-hybridized carbons (Fsp3) is 0.857. The van der Waals surface area contributed by atoms with E-state index < -0.39 is 15.7 Å². The molecule has 13 heavy (non-hydrogen) atoms. The predicted octanol–water partition coefficient (Wildman–Crippen LogP) is -0.123. The second kappa shape index (κ2) is 3.62. The molecule has 1 saturated carbocycles. The van der Waals surface area contributed by atoms with Crippen LogP contribution < -0.4 is 9.44 Å². The molecule has 0 amide bonds. The highest BCUT2D eigenvalue weighted by Gasteiger charge is 2.37. The van der Waals surface area contributed by atoms with Gasteiger partial charge in [-0.15, -0.1) is 0 Å². The van der Waals surface area contributed by atoms with Crippen LogP contribution in [0.15, 0.2) is 0 Å². The normalized spacial score (nSPS) is 21.2. The zero-order chi connectivity index (χ0) is 9.95. The average Bonchev–Trinajstić information content (AvgIpc) is 2.53. The highest BCUT2D eigenvalue weighted by atomic mass is 32.2. The van der Waals surface area contributed by atoms with Crippen molar-refractivity contribution in [2.45, 2.75) is 31.2 Å². The summed E-state index contributed by atoms with van der Waals surface area (Å²) in [5.41, 5.74) is -0.873. The molecule has 74 valence electrons. The van der Waals surface area contributed by atoms with Crippen LogP contribution in [0.1, 0.15) is 25.7 Å². The maximum Gasteiger partial charge on any atom is 0.278 e. The van der Waals surface area contributed by atoms with Crippen molar-refractivity contribution in [3.8, 4) is 6.07 Å². The highest BCUT2D eigenvalue weighted by Crippen LogP contribution is 2.29. The van der Waals surface area contributed by atoms with E-state index in [1.807, 2.05) is 6.07 Å². The monoisotopic (exact) mass is 203 g/mol. The first-order valence-electron chi connectivity index (χ1n) is 4.17. The first-order valence-corrected chi connectivity index (χ1v) is 5.66. The maximum absolute atomic E-state index is 11.1. The van der Waals surface area contributed by atoms with Gasteiger partial charge in [0.1, 0.15) is 5.54 Å². The lowest BCUT2D eigenvalue weighted by Crippen LogP contribution is -2.49. The van der Waals surface area contributed by atoms with E-state index in [2.05, 4.69) is 9.44 Å². The van der Waals surface area contributed by atoms with Gasteiger partial charge < -0.3 is 0 Å². The smallest absolute Gasteiger partial charge is 0.205 e. The summed E-state index contributed by atoms with van der Waals surface area (Å²) in [6.45, 7) is 0. The summed E-state index contributed by atoms with van der Waals surface area (Å²) in [5.74, 6) is 0. The molecule has 1 aliphatic carbocycles. The summed E-state index contributed by atoms with van der Waals surface area (Å²) in [5, 5.41) is 8.87. The van der Waals surface area contributed by atoms with Gasteiger partial charge in [-0.3, -0.25) is 0 Å². The van der Waals surface area contributed by atoms with Gasteiger partial charge >= 0.3 is 0 Å². The van der Waals surface area contributed by atoms with E-state index in [9.17, 15) is 8.42 Å². The molecule has 5 nitrogen and oxygen atoms in total. The van der Waals surface area contributed by atoms with Gasteiger partial charge in [-0.1, -0.05) is 12.8 Å². The minimum absolute atomic E-state index is 0.602. The molecule has 0 aromatic heterocycles. The predicted molar refractivity (Wildman–Crippen MR) is 47.9 cm³/mol. The molecule has 0 bridgehead atoms. The molecule has 0 radical (unpaired) electrons. The summed E-state index contributed by atoms with van der Waals surface area (Å²) < 4.78 is 26.8. The SMILES string of the molecule is CNS(=O)(=O)NC1(C#N)CCCC1. The van der Waals surface area contributed by atoms with Gasteiger partial charge in [0.05, 0.1) is 6.07 Å². The third-order valence-electron chi connectivity index (χ3n) is 2.27. The van der Waals surface area contributed by atoms with Crippen LogP contribution >= 0.6 is 0 Å². The van der Waals surface area contributed by atoms with E-state index >= 15 is 0 Å². The minimum Gasteiger partial charge on any atom is -0.205 e. The fourth-order valence-corrected chi connectivity index (χ4v) is 2.39. The average molecular weight is 203 g/mol. The number of nitrogens with one attached hydrogen (secondary N) is 2. The second-order valence-electron chi connectivity index (χ2n) is 3.21. The molecule has 0 aliphatic heterocycles. The first-order chi connectivity index (χ1) is 6.04. The van der Waals surface area contributed by atoms with Crippen LogP contribution in [0, 0.1) is 11.3 Å². The fourth-order valence-electron chi connectivity index (χ4n) is 1.52. The number of hydrogen-bond acceptors (Lipinski definition) is 3. The van der Waals surface area contributed by atoms with E-state index in [0.29, 0.717) is 12.8 Å². The molecule has 0 unspecified atom stereocenters. The third-order valence-corrected chi connectivity index (χ3v) is 3.47. The van der Waals surface area contributed by atoms with Crippen molar-refractivity contribution in [3.63, 3.8) is 0 Å². The van der Waals surface area contributed by atoms with Crippen molar-refractivity contribution in [2.24, 2.45) is 0 Å². The molecule has 1 aliphatic rings. The molecule has 1 fully saturated rings. The van der Waals surface area contributed by atoms with Gasteiger partial charge in [0.25, 0.3) is 10.2 Å². The van der Waals surface area contributed by atoms with Crippen LogP contribution in [0.2, 0.25) is 0 Å². The molecule has 0 aromatic carbocycles. The van der Waals surface area contributed by atoms with Gasteiger partial charge in [-0.25, -0.2) is 4.72 Å². The van der Waals surface area contributed by atoms with E-state index in [0.717, 1.165) is 12.8 Å². The lowest BCUT2D eigenvalue weighted by Gasteiger charge is -2.20. The lowest BCUT2D eigenvalue weighted by molar-refractivity contribution is 0.481.